The lowest BCUT2D eigenvalue weighted by atomic mass is 10.1. The lowest BCUT2D eigenvalue weighted by Gasteiger charge is -2.15. The molecular formula is C32H40N2O7. The summed E-state index contributed by atoms with van der Waals surface area (Å²) in [7, 11) is 0. The highest BCUT2D eigenvalue weighted by molar-refractivity contribution is 6.08. The number of nitrogens with one attached hydrogen (secondary N) is 2. The minimum absolute atomic E-state index is 0.0906. The molecule has 2 heterocycles. The van der Waals surface area contributed by atoms with Crippen LogP contribution >= 0.6 is 0 Å². The molecular weight excluding hydrogens is 524 g/mol. The molecule has 2 aromatic heterocycles. The number of carbonyl (C=O) groups is 1. The Morgan fingerprint density at radius 2 is 1.27 bits per heavy atom. The summed E-state index contributed by atoms with van der Waals surface area (Å²) in [4.78, 5) is 13.1. The van der Waals surface area contributed by atoms with Crippen molar-refractivity contribution in [2.24, 2.45) is 0 Å². The molecule has 0 aliphatic rings. The maximum atomic E-state index is 13.1. The number of hydrogen-bond acceptors (Lipinski definition) is 9. The van der Waals surface area contributed by atoms with E-state index in [1.807, 2.05) is 58.0 Å². The van der Waals surface area contributed by atoms with Crippen molar-refractivity contribution in [1.29, 1.82) is 0 Å². The van der Waals surface area contributed by atoms with Gasteiger partial charge in [-0.25, -0.2) is 0 Å². The molecule has 9 nitrogen and oxygen atoms in total. The Kier molecular flexibility index (Phi) is 10.2. The smallest absolute Gasteiger partial charge is 0.221 e. The normalized spacial score (nSPS) is 13.8. The van der Waals surface area contributed by atoms with Crippen LogP contribution in [-0.2, 0) is 0 Å². The second-order valence-electron chi connectivity index (χ2n) is 10.8. The van der Waals surface area contributed by atoms with Crippen LogP contribution in [-0.4, -0.2) is 66.6 Å². The molecule has 0 saturated carbocycles. The molecule has 4 aromatic rings. The van der Waals surface area contributed by atoms with Gasteiger partial charge in [0.15, 0.2) is 28.4 Å². The Morgan fingerprint density at radius 3 is 1.76 bits per heavy atom. The van der Waals surface area contributed by atoms with E-state index < -0.39 is 12.2 Å². The van der Waals surface area contributed by atoms with Crippen LogP contribution < -0.4 is 20.1 Å². The van der Waals surface area contributed by atoms with E-state index in [0.717, 1.165) is 10.8 Å². The standard InChI is InChI=1S/C32H40N2O7/c1-19(2)33-15-24(35)17-38-27-10-6-8-22-13-29(40-31(22)27)21(5)12-26(37)30-14-23-9-7-11-28(32(23)41-30)39-18-25(36)16-34-20(3)4/h6-14,19-20,24-25,33-36H,15-18H2,1-5H3/b21-12-. The highest BCUT2D eigenvalue weighted by atomic mass is 16.5. The summed E-state index contributed by atoms with van der Waals surface area (Å²) in [5, 5.41) is 28.3. The summed E-state index contributed by atoms with van der Waals surface area (Å²) in [5.74, 6) is 1.35. The number of hydrogen-bond donors (Lipinski definition) is 4. The van der Waals surface area contributed by atoms with Gasteiger partial charge in [-0.1, -0.05) is 52.0 Å². The third-order valence-corrected chi connectivity index (χ3v) is 6.38. The number of para-hydroxylation sites is 2. The van der Waals surface area contributed by atoms with Crippen molar-refractivity contribution in [2.45, 2.75) is 58.9 Å². The van der Waals surface area contributed by atoms with Gasteiger partial charge in [0.25, 0.3) is 0 Å². The minimum atomic E-state index is -0.684. The number of rotatable bonds is 15. The average molecular weight is 565 g/mol. The first-order valence-electron chi connectivity index (χ1n) is 14.0. The van der Waals surface area contributed by atoms with Crippen molar-refractivity contribution < 1.29 is 33.3 Å². The molecule has 0 amide bonds. The van der Waals surface area contributed by atoms with E-state index in [0.29, 0.717) is 47.1 Å². The first kappa shape index (κ1) is 30.3. The van der Waals surface area contributed by atoms with Gasteiger partial charge in [-0.2, -0.15) is 0 Å². The Bertz CT molecular complexity index is 1480. The number of allylic oxidation sites excluding steroid dienone is 2. The second kappa shape index (κ2) is 13.8. The molecule has 2 unspecified atom stereocenters. The molecule has 0 bridgehead atoms. The number of carbonyl (C=O) groups excluding carboxylic acids is 1. The minimum Gasteiger partial charge on any atom is -0.487 e. The van der Waals surface area contributed by atoms with Crippen LogP contribution in [0.3, 0.4) is 0 Å². The van der Waals surface area contributed by atoms with Crippen molar-refractivity contribution in [1.82, 2.24) is 10.6 Å². The van der Waals surface area contributed by atoms with Crippen LogP contribution in [0.15, 0.2) is 63.4 Å². The van der Waals surface area contributed by atoms with Crippen LogP contribution in [0.4, 0.5) is 0 Å². The Balaban J connectivity index is 1.46. The molecule has 0 saturated heterocycles. The fourth-order valence-electron chi connectivity index (χ4n) is 4.19. The van der Waals surface area contributed by atoms with Crippen molar-refractivity contribution in [2.75, 3.05) is 26.3 Å². The second-order valence-corrected chi connectivity index (χ2v) is 10.8. The zero-order valence-corrected chi connectivity index (χ0v) is 24.3. The molecule has 0 spiro atoms. The van der Waals surface area contributed by atoms with Gasteiger partial charge in [-0.15, -0.1) is 0 Å². The highest BCUT2D eigenvalue weighted by Crippen LogP contribution is 2.33. The first-order chi connectivity index (χ1) is 19.6. The Labute approximate surface area is 240 Å². The van der Waals surface area contributed by atoms with Crippen molar-refractivity contribution in [3.8, 4) is 11.5 Å². The van der Waals surface area contributed by atoms with Gasteiger partial charge in [0.05, 0.1) is 0 Å². The van der Waals surface area contributed by atoms with Crippen LogP contribution in [0.1, 0.15) is 50.9 Å². The van der Waals surface area contributed by atoms with Crippen molar-refractivity contribution >= 4 is 33.3 Å². The molecule has 220 valence electrons. The molecule has 2 aromatic carbocycles. The lowest BCUT2D eigenvalue weighted by molar-refractivity contribution is 0.101. The van der Waals surface area contributed by atoms with Gasteiger partial charge in [-0.3, -0.25) is 4.79 Å². The monoisotopic (exact) mass is 564 g/mol. The summed E-state index contributed by atoms with van der Waals surface area (Å²) in [5.41, 5.74) is 1.61. The van der Waals surface area contributed by atoms with E-state index in [9.17, 15) is 15.0 Å². The Morgan fingerprint density at radius 1 is 0.805 bits per heavy atom. The van der Waals surface area contributed by atoms with Gasteiger partial charge in [-0.05, 0) is 42.8 Å². The van der Waals surface area contributed by atoms with Gasteiger partial charge < -0.3 is 39.2 Å². The molecule has 0 aliphatic heterocycles. The van der Waals surface area contributed by atoms with Crippen LogP contribution in [0, 0.1) is 0 Å². The number of furan rings is 2. The van der Waals surface area contributed by atoms with E-state index in [1.54, 1.807) is 25.1 Å². The predicted octanol–water partition coefficient (Wildman–Crippen LogP) is 4.94. The third kappa shape index (κ3) is 8.20. The quantitative estimate of drug-likeness (QED) is 0.117. The maximum absolute atomic E-state index is 13.1. The topological polar surface area (TPSA) is 126 Å². The van der Waals surface area contributed by atoms with Crippen molar-refractivity contribution in [3.63, 3.8) is 0 Å². The lowest BCUT2D eigenvalue weighted by Crippen LogP contribution is -2.35. The SMILES string of the molecule is C/C(=C/C(=O)c1cc2cccc(OCC(O)CNC(C)C)c2o1)c1cc2cccc(OCC(O)CNC(C)C)c2o1. The molecule has 4 N–H and O–H groups in total. The molecule has 2 atom stereocenters. The van der Waals surface area contributed by atoms with E-state index in [4.69, 9.17) is 18.3 Å². The molecule has 0 radical (unpaired) electrons. The summed E-state index contributed by atoms with van der Waals surface area (Å²) >= 11 is 0. The summed E-state index contributed by atoms with van der Waals surface area (Å²) < 4.78 is 23.6. The van der Waals surface area contributed by atoms with E-state index in [1.165, 1.54) is 6.08 Å². The molecule has 4 rings (SSSR count). The highest BCUT2D eigenvalue weighted by Gasteiger charge is 2.17. The molecule has 41 heavy (non-hydrogen) atoms. The molecule has 0 aliphatic carbocycles. The first-order valence-corrected chi connectivity index (χ1v) is 14.0. The molecule has 0 fully saturated rings. The summed E-state index contributed by atoms with van der Waals surface area (Å²) in [6.07, 6.45) is 0.123. The molecule has 9 heteroatoms. The van der Waals surface area contributed by atoms with E-state index in [2.05, 4.69) is 10.6 Å². The van der Waals surface area contributed by atoms with Crippen LogP contribution in [0.2, 0.25) is 0 Å². The largest absolute Gasteiger partial charge is 0.487 e. The number of ketones is 1. The number of benzene rings is 2. The Hall–Kier alpha value is -3.63. The van der Waals surface area contributed by atoms with Crippen LogP contribution in [0.25, 0.3) is 27.5 Å². The number of fused-ring (bicyclic) bond motifs is 2. The summed E-state index contributed by atoms with van der Waals surface area (Å²) in [6, 6.07) is 15.0. The van der Waals surface area contributed by atoms with Gasteiger partial charge >= 0.3 is 0 Å². The maximum Gasteiger partial charge on any atom is 0.221 e. The zero-order chi connectivity index (χ0) is 29.5. The predicted molar refractivity (Wildman–Crippen MR) is 160 cm³/mol. The van der Waals surface area contributed by atoms with Crippen molar-refractivity contribution in [3.05, 3.63) is 66.1 Å². The third-order valence-electron chi connectivity index (χ3n) is 6.38. The van der Waals surface area contributed by atoms with E-state index in [-0.39, 0.29) is 36.8 Å². The zero-order valence-electron chi connectivity index (χ0n) is 24.3. The van der Waals surface area contributed by atoms with Crippen LogP contribution in [0.5, 0.6) is 11.5 Å². The number of aliphatic hydroxyl groups is 2. The fraction of sp³-hybridized carbons (Fsp3) is 0.406. The summed E-state index contributed by atoms with van der Waals surface area (Å²) in [6.45, 7) is 10.9. The fourth-order valence-corrected chi connectivity index (χ4v) is 4.19. The van der Waals surface area contributed by atoms with E-state index >= 15 is 0 Å². The van der Waals surface area contributed by atoms with Gasteiger partial charge in [0.2, 0.25) is 5.78 Å². The average Bonchev–Trinajstić information content (AvgIpc) is 3.58. The van der Waals surface area contributed by atoms with Gasteiger partial charge in [0.1, 0.15) is 31.2 Å². The van der Waals surface area contributed by atoms with Gasteiger partial charge in [0, 0.05) is 35.9 Å². The number of aliphatic hydroxyl groups excluding tert-OH is 2. The number of ether oxygens (including phenoxy) is 2.